The molecule has 2 aliphatic rings. The Bertz CT molecular complexity index is 668. The number of allylic oxidation sites excluding steroid dienone is 3. The van der Waals surface area contributed by atoms with Gasteiger partial charge in [-0.15, -0.1) is 0 Å². The second kappa shape index (κ2) is 8.15. The molecule has 0 N–H and O–H groups in total. The van der Waals surface area contributed by atoms with Crippen molar-refractivity contribution in [3.8, 4) is 0 Å². The number of fused-ring (bicyclic) bond motifs is 1. The highest BCUT2D eigenvalue weighted by atomic mass is 28.4. The predicted octanol–water partition coefficient (Wildman–Crippen LogP) is 4.64. The minimum atomic E-state index is -1.79. The summed E-state index contributed by atoms with van der Waals surface area (Å²) < 4.78 is 16.3. The molecule has 0 saturated heterocycles. The van der Waals surface area contributed by atoms with Crippen LogP contribution in [-0.4, -0.2) is 41.1 Å². The smallest absolute Gasteiger partial charge is 0.323 e. The monoisotopic (exact) mass is 408 g/mol. The highest BCUT2D eigenvalue weighted by molar-refractivity contribution is 6.74. The normalized spacial score (nSPS) is 24.6. The first-order chi connectivity index (χ1) is 12.9. The summed E-state index contributed by atoms with van der Waals surface area (Å²) in [4.78, 5) is 24.9. The van der Waals surface area contributed by atoms with Gasteiger partial charge in [-0.05, 0) is 50.2 Å². The Labute approximate surface area is 170 Å². The summed E-state index contributed by atoms with van der Waals surface area (Å²) in [6.07, 6.45) is 6.03. The minimum Gasteiger partial charge on any atom is -0.468 e. The Morgan fingerprint density at radius 2 is 1.71 bits per heavy atom. The lowest BCUT2D eigenvalue weighted by molar-refractivity contribution is -0.168. The molecule has 0 heterocycles. The van der Waals surface area contributed by atoms with Gasteiger partial charge in [-0.1, -0.05) is 44.1 Å². The predicted molar refractivity (Wildman–Crippen MR) is 112 cm³/mol. The first-order valence-corrected chi connectivity index (χ1v) is 13.0. The van der Waals surface area contributed by atoms with E-state index in [1.807, 2.05) is 0 Å². The van der Waals surface area contributed by atoms with E-state index in [1.165, 1.54) is 25.4 Å². The molecule has 0 aromatic carbocycles. The fraction of sp³-hybridized carbons (Fsp3) is 0.727. The number of methoxy groups -OCH3 is 2. The maximum Gasteiger partial charge on any atom is 0.323 e. The quantitative estimate of drug-likeness (QED) is 0.287. The zero-order valence-electron chi connectivity index (χ0n) is 18.7. The summed E-state index contributed by atoms with van der Waals surface area (Å²) in [5.41, 5.74) is 1.19. The lowest BCUT2D eigenvalue weighted by Crippen LogP contribution is -2.41. The lowest BCUT2D eigenvalue weighted by atomic mass is 9.84. The summed E-state index contributed by atoms with van der Waals surface area (Å²) >= 11 is 0. The molecule has 158 valence electrons. The fourth-order valence-electron chi connectivity index (χ4n) is 3.99. The van der Waals surface area contributed by atoms with Crippen LogP contribution in [0.4, 0.5) is 0 Å². The van der Waals surface area contributed by atoms with Gasteiger partial charge in [0.15, 0.2) is 13.7 Å². The van der Waals surface area contributed by atoms with E-state index in [-0.39, 0.29) is 11.0 Å². The van der Waals surface area contributed by atoms with Crippen molar-refractivity contribution in [2.24, 2.45) is 17.3 Å². The molecule has 0 aromatic heterocycles. The van der Waals surface area contributed by atoms with E-state index in [0.29, 0.717) is 25.4 Å². The lowest BCUT2D eigenvalue weighted by Gasteiger charge is -2.37. The average Bonchev–Trinajstić information content (AvgIpc) is 2.96. The summed E-state index contributed by atoms with van der Waals surface area (Å²) in [7, 11) is 0.861. The van der Waals surface area contributed by atoms with Gasteiger partial charge in [0.2, 0.25) is 0 Å². The second-order valence-corrected chi connectivity index (χ2v) is 14.6. The van der Waals surface area contributed by atoms with Crippen LogP contribution in [0.2, 0.25) is 18.1 Å². The van der Waals surface area contributed by atoms with E-state index in [0.717, 1.165) is 6.42 Å². The highest BCUT2D eigenvalue weighted by Gasteiger charge is 2.55. The van der Waals surface area contributed by atoms with Crippen molar-refractivity contribution < 1.29 is 23.5 Å². The van der Waals surface area contributed by atoms with Gasteiger partial charge in [-0.3, -0.25) is 9.59 Å². The van der Waals surface area contributed by atoms with Crippen LogP contribution < -0.4 is 0 Å². The van der Waals surface area contributed by atoms with Crippen LogP contribution in [0.1, 0.15) is 47.0 Å². The molecule has 6 heteroatoms. The first-order valence-electron chi connectivity index (χ1n) is 10.1. The number of esters is 2. The molecule has 2 aliphatic carbocycles. The standard InChI is InChI=1S/C22H36O5Si/c1-15-11-16(14-27-28(7,8)21(2,3)4)9-10-17-12-22(13-18(15)17,19(23)25-5)20(24)26-6/h9-10,16-17H,11-14H2,1-8H3/t16-,17-/m1/s1. The number of ether oxygens (including phenoxy) is 2. The van der Waals surface area contributed by atoms with E-state index in [1.54, 1.807) is 0 Å². The maximum atomic E-state index is 12.5. The van der Waals surface area contributed by atoms with Crippen LogP contribution in [-0.2, 0) is 23.5 Å². The molecule has 0 unspecified atom stereocenters. The van der Waals surface area contributed by atoms with Crippen LogP contribution in [0.5, 0.6) is 0 Å². The molecule has 0 spiro atoms. The van der Waals surface area contributed by atoms with Crippen molar-refractivity contribution in [3.63, 3.8) is 0 Å². The molecular formula is C22H36O5Si. The fourth-order valence-corrected chi connectivity index (χ4v) is 5.06. The maximum absolute atomic E-state index is 12.5. The molecule has 5 nitrogen and oxygen atoms in total. The average molecular weight is 409 g/mol. The third kappa shape index (κ3) is 4.28. The van der Waals surface area contributed by atoms with Crippen molar-refractivity contribution in [2.75, 3.05) is 20.8 Å². The SMILES string of the molecule is COC(=O)C1(C(=O)OC)CC2=C(C)C[C@H](CO[Si](C)(C)C(C)(C)C)C=C[C@@H]2C1. The van der Waals surface area contributed by atoms with Gasteiger partial charge in [-0.25, -0.2) is 0 Å². The van der Waals surface area contributed by atoms with E-state index in [4.69, 9.17) is 13.9 Å². The Hall–Kier alpha value is -1.40. The molecule has 1 fully saturated rings. The van der Waals surface area contributed by atoms with E-state index < -0.39 is 25.7 Å². The summed E-state index contributed by atoms with van der Waals surface area (Å²) in [5, 5.41) is 0.187. The largest absolute Gasteiger partial charge is 0.468 e. The molecule has 28 heavy (non-hydrogen) atoms. The molecule has 0 aliphatic heterocycles. The number of rotatable bonds is 5. The third-order valence-electron chi connectivity index (χ3n) is 6.86. The molecule has 0 bridgehead atoms. The van der Waals surface area contributed by atoms with E-state index >= 15 is 0 Å². The zero-order chi connectivity index (χ0) is 21.3. The van der Waals surface area contributed by atoms with E-state index in [2.05, 4.69) is 52.9 Å². The molecular weight excluding hydrogens is 372 g/mol. The molecule has 1 saturated carbocycles. The molecule has 2 atom stereocenters. The number of hydrogen-bond acceptors (Lipinski definition) is 5. The Balaban J connectivity index is 2.19. The van der Waals surface area contributed by atoms with Crippen LogP contribution in [0.3, 0.4) is 0 Å². The van der Waals surface area contributed by atoms with E-state index in [9.17, 15) is 9.59 Å². The van der Waals surface area contributed by atoms with Crippen molar-refractivity contribution in [1.29, 1.82) is 0 Å². The third-order valence-corrected chi connectivity index (χ3v) is 11.4. The topological polar surface area (TPSA) is 61.8 Å². The number of carbonyl (C=O) groups is 2. The van der Waals surface area contributed by atoms with Gasteiger partial charge in [0.25, 0.3) is 0 Å². The zero-order valence-corrected chi connectivity index (χ0v) is 19.7. The molecule has 0 amide bonds. The first kappa shape index (κ1) is 22.9. The van der Waals surface area contributed by atoms with Gasteiger partial charge in [-0.2, -0.15) is 0 Å². The highest BCUT2D eigenvalue weighted by Crippen LogP contribution is 2.50. The van der Waals surface area contributed by atoms with Gasteiger partial charge in [0.05, 0.1) is 14.2 Å². The van der Waals surface area contributed by atoms with Gasteiger partial charge in [0.1, 0.15) is 0 Å². The van der Waals surface area contributed by atoms with Crippen LogP contribution in [0, 0.1) is 17.3 Å². The number of carbonyl (C=O) groups excluding carboxylic acids is 2. The van der Waals surface area contributed by atoms with Gasteiger partial charge >= 0.3 is 11.9 Å². The van der Waals surface area contributed by atoms with Gasteiger partial charge < -0.3 is 13.9 Å². The van der Waals surface area contributed by atoms with Crippen LogP contribution in [0.15, 0.2) is 23.3 Å². The van der Waals surface area contributed by atoms with Crippen molar-refractivity contribution in [3.05, 3.63) is 23.3 Å². The summed E-state index contributed by atoms with van der Waals surface area (Å²) in [6, 6.07) is 0. The second-order valence-electron chi connectivity index (χ2n) is 9.78. The summed E-state index contributed by atoms with van der Waals surface area (Å²) in [5.74, 6) is -0.619. The van der Waals surface area contributed by atoms with Gasteiger partial charge in [0, 0.05) is 12.5 Å². The van der Waals surface area contributed by atoms with Crippen molar-refractivity contribution in [2.45, 2.75) is 65.1 Å². The Morgan fingerprint density at radius 3 is 2.21 bits per heavy atom. The molecule has 0 aromatic rings. The molecule has 2 rings (SSSR count). The Kier molecular flexibility index (Phi) is 6.66. The minimum absolute atomic E-state index is 0.0658. The van der Waals surface area contributed by atoms with Crippen molar-refractivity contribution in [1.82, 2.24) is 0 Å². The number of hydrogen-bond donors (Lipinski definition) is 0. The summed E-state index contributed by atoms with van der Waals surface area (Å²) in [6.45, 7) is 14.1. The van der Waals surface area contributed by atoms with Crippen LogP contribution >= 0.6 is 0 Å². The van der Waals surface area contributed by atoms with Crippen LogP contribution in [0.25, 0.3) is 0 Å². The van der Waals surface area contributed by atoms with Crippen molar-refractivity contribution >= 4 is 20.3 Å². The Morgan fingerprint density at radius 1 is 1.14 bits per heavy atom. The molecule has 0 radical (unpaired) electrons.